The van der Waals surface area contributed by atoms with Gasteiger partial charge in [0.1, 0.15) is 0 Å². The van der Waals surface area contributed by atoms with Crippen molar-refractivity contribution >= 4 is 22.6 Å². The van der Waals surface area contributed by atoms with Crippen LogP contribution in [0.5, 0.6) is 0 Å². The van der Waals surface area contributed by atoms with Gasteiger partial charge >= 0.3 is 11.1 Å². The molecule has 1 heterocycles. The molecule has 110 valence electrons. The highest BCUT2D eigenvalue weighted by Crippen LogP contribution is 2.25. The highest BCUT2D eigenvalue weighted by Gasteiger charge is 2.30. The van der Waals surface area contributed by atoms with Crippen LogP contribution in [0.3, 0.4) is 0 Å². The number of amides is 1. The van der Waals surface area contributed by atoms with Crippen LogP contribution < -0.4 is 22.2 Å². The molecule has 2 aromatic rings. The van der Waals surface area contributed by atoms with Gasteiger partial charge in [0.25, 0.3) is 0 Å². The zero-order chi connectivity index (χ0) is 15.0. The van der Waals surface area contributed by atoms with Crippen molar-refractivity contribution in [1.82, 2.24) is 9.97 Å². The van der Waals surface area contributed by atoms with Crippen LogP contribution in [-0.2, 0) is 4.79 Å². The van der Waals surface area contributed by atoms with Gasteiger partial charge in [0.05, 0.1) is 17.0 Å². The van der Waals surface area contributed by atoms with Crippen molar-refractivity contribution in [1.29, 1.82) is 0 Å². The molecule has 3 rings (SSSR count). The molecule has 1 aliphatic carbocycles. The number of aromatic amines is 2. The quantitative estimate of drug-likeness (QED) is 0.593. The molecule has 0 radical (unpaired) electrons. The van der Waals surface area contributed by atoms with Crippen LogP contribution in [0.4, 0.5) is 5.69 Å². The van der Waals surface area contributed by atoms with Gasteiger partial charge in [0.15, 0.2) is 0 Å². The van der Waals surface area contributed by atoms with Gasteiger partial charge in [-0.3, -0.25) is 14.4 Å². The number of carbonyl (C=O) groups excluding carboxylic acids is 1. The lowest BCUT2D eigenvalue weighted by Gasteiger charge is -2.15. The third-order valence-corrected chi connectivity index (χ3v) is 3.90. The lowest BCUT2D eigenvalue weighted by molar-refractivity contribution is -0.120. The Balaban J connectivity index is 1.87. The average Bonchev–Trinajstić information content (AvgIpc) is 2.87. The third kappa shape index (κ3) is 2.59. The molecule has 1 aromatic heterocycles. The van der Waals surface area contributed by atoms with Crippen LogP contribution in [0.1, 0.15) is 19.3 Å². The van der Waals surface area contributed by atoms with Crippen LogP contribution in [0, 0.1) is 5.92 Å². The van der Waals surface area contributed by atoms with E-state index in [1.807, 2.05) is 0 Å². The smallest absolute Gasteiger partial charge is 0.314 e. The Morgan fingerprint density at radius 2 is 1.86 bits per heavy atom. The Labute approximate surface area is 119 Å². The minimum Gasteiger partial charge on any atom is -0.327 e. The summed E-state index contributed by atoms with van der Waals surface area (Å²) in [6.45, 7) is 0. The lowest BCUT2D eigenvalue weighted by atomic mass is 10.0. The van der Waals surface area contributed by atoms with Gasteiger partial charge in [-0.05, 0) is 31.0 Å². The van der Waals surface area contributed by atoms with Crippen molar-refractivity contribution in [2.24, 2.45) is 11.7 Å². The topological polar surface area (TPSA) is 121 Å². The maximum atomic E-state index is 12.2. The molecule has 21 heavy (non-hydrogen) atoms. The molecule has 1 fully saturated rings. The molecule has 2 unspecified atom stereocenters. The van der Waals surface area contributed by atoms with E-state index in [-0.39, 0.29) is 17.9 Å². The molecule has 1 saturated carbocycles. The molecule has 1 amide bonds. The van der Waals surface area contributed by atoms with E-state index in [2.05, 4.69) is 15.3 Å². The fraction of sp³-hybridized carbons (Fsp3) is 0.357. The molecule has 1 aromatic carbocycles. The second-order valence-electron chi connectivity index (χ2n) is 5.36. The predicted molar refractivity (Wildman–Crippen MR) is 79.1 cm³/mol. The standard InChI is InChI=1S/C14H16N4O3/c15-9-3-1-2-8(9)12(19)16-7-4-5-10-11(6-7)18-14(21)13(20)17-10/h4-6,8-9H,1-3,15H2,(H,16,19)(H,17,20)(H,18,21). The SMILES string of the molecule is NC1CCCC1C(=O)Nc1ccc2[nH]c(=O)c(=O)[nH]c2c1. The molecule has 0 spiro atoms. The molecule has 5 N–H and O–H groups in total. The largest absolute Gasteiger partial charge is 0.327 e. The second kappa shape index (κ2) is 5.17. The number of nitrogens with two attached hydrogens (primary N) is 1. The Hall–Kier alpha value is -2.41. The number of fused-ring (bicyclic) bond motifs is 1. The lowest BCUT2D eigenvalue weighted by Crippen LogP contribution is -2.34. The van der Waals surface area contributed by atoms with E-state index in [0.29, 0.717) is 16.7 Å². The molecule has 0 aliphatic heterocycles. The maximum absolute atomic E-state index is 12.2. The van der Waals surface area contributed by atoms with Crippen molar-refractivity contribution in [2.45, 2.75) is 25.3 Å². The fourth-order valence-electron chi connectivity index (χ4n) is 2.74. The number of carbonyl (C=O) groups is 1. The van der Waals surface area contributed by atoms with E-state index in [0.717, 1.165) is 19.3 Å². The van der Waals surface area contributed by atoms with Crippen LogP contribution in [0.25, 0.3) is 11.0 Å². The number of benzene rings is 1. The minimum absolute atomic E-state index is 0.0957. The third-order valence-electron chi connectivity index (χ3n) is 3.90. The van der Waals surface area contributed by atoms with Gasteiger partial charge in [0.2, 0.25) is 5.91 Å². The van der Waals surface area contributed by atoms with E-state index in [1.165, 1.54) is 0 Å². The molecular formula is C14H16N4O3. The van der Waals surface area contributed by atoms with Crippen molar-refractivity contribution in [2.75, 3.05) is 5.32 Å². The van der Waals surface area contributed by atoms with Crippen LogP contribution >= 0.6 is 0 Å². The first kappa shape index (κ1) is 13.6. The number of anilines is 1. The monoisotopic (exact) mass is 288 g/mol. The Kier molecular flexibility index (Phi) is 3.34. The summed E-state index contributed by atoms with van der Waals surface area (Å²) in [5.74, 6) is -0.276. The van der Waals surface area contributed by atoms with Crippen molar-refractivity contribution in [3.05, 3.63) is 38.9 Å². The predicted octanol–water partition coefficient (Wildman–Crippen LogP) is 0.282. The summed E-state index contributed by atoms with van der Waals surface area (Å²) in [7, 11) is 0. The van der Waals surface area contributed by atoms with E-state index in [4.69, 9.17) is 5.73 Å². The number of hydrogen-bond donors (Lipinski definition) is 4. The molecule has 2 atom stereocenters. The summed E-state index contributed by atoms with van der Waals surface area (Å²) < 4.78 is 0. The summed E-state index contributed by atoms with van der Waals surface area (Å²) in [6, 6.07) is 4.83. The molecular weight excluding hydrogens is 272 g/mol. The average molecular weight is 288 g/mol. The van der Waals surface area contributed by atoms with E-state index < -0.39 is 11.1 Å². The van der Waals surface area contributed by atoms with Gasteiger partial charge in [0, 0.05) is 11.7 Å². The summed E-state index contributed by atoms with van der Waals surface area (Å²) >= 11 is 0. The van der Waals surface area contributed by atoms with E-state index in [9.17, 15) is 14.4 Å². The zero-order valence-electron chi connectivity index (χ0n) is 11.3. The van der Waals surface area contributed by atoms with E-state index in [1.54, 1.807) is 18.2 Å². The van der Waals surface area contributed by atoms with Gasteiger partial charge in [-0.15, -0.1) is 0 Å². The summed E-state index contributed by atoms with van der Waals surface area (Å²) in [6.07, 6.45) is 2.63. The number of rotatable bonds is 2. The maximum Gasteiger partial charge on any atom is 0.314 e. The molecule has 0 saturated heterocycles. The Morgan fingerprint density at radius 1 is 1.14 bits per heavy atom. The first-order valence-corrected chi connectivity index (χ1v) is 6.87. The van der Waals surface area contributed by atoms with Crippen molar-refractivity contribution in [3.8, 4) is 0 Å². The number of H-pyrrole nitrogens is 2. The van der Waals surface area contributed by atoms with Gasteiger partial charge in [-0.25, -0.2) is 0 Å². The Morgan fingerprint density at radius 3 is 2.52 bits per heavy atom. The summed E-state index contributed by atoms with van der Waals surface area (Å²) in [5.41, 5.74) is 6.04. The van der Waals surface area contributed by atoms with E-state index >= 15 is 0 Å². The highest BCUT2D eigenvalue weighted by molar-refractivity contribution is 5.94. The van der Waals surface area contributed by atoms with Crippen LogP contribution in [-0.4, -0.2) is 21.9 Å². The molecule has 7 nitrogen and oxygen atoms in total. The van der Waals surface area contributed by atoms with Gasteiger partial charge in [-0.1, -0.05) is 6.42 Å². The van der Waals surface area contributed by atoms with Gasteiger partial charge < -0.3 is 21.0 Å². The second-order valence-corrected chi connectivity index (χ2v) is 5.36. The minimum atomic E-state index is -0.719. The Bertz CT molecular complexity index is 808. The first-order valence-electron chi connectivity index (χ1n) is 6.87. The summed E-state index contributed by atoms with van der Waals surface area (Å²) in [5, 5.41) is 2.81. The van der Waals surface area contributed by atoms with Crippen molar-refractivity contribution < 1.29 is 4.79 Å². The van der Waals surface area contributed by atoms with Gasteiger partial charge in [-0.2, -0.15) is 0 Å². The number of nitrogens with one attached hydrogen (secondary N) is 3. The molecule has 1 aliphatic rings. The van der Waals surface area contributed by atoms with Crippen LogP contribution in [0.2, 0.25) is 0 Å². The molecule has 7 heteroatoms. The first-order chi connectivity index (χ1) is 10.0. The molecule has 0 bridgehead atoms. The summed E-state index contributed by atoms with van der Waals surface area (Å²) in [4.78, 5) is 39.6. The zero-order valence-corrected chi connectivity index (χ0v) is 11.3. The normalized spacial score (nSPS) is 21.6. The number of hydrogen-bond acceptors (Lipinski definition) is 4. The van der Waals surface area contributed by atoms with Crippen LogP contribution in [0.15, 0.2) is 27.8 Å². The number of aromatic nitrogens is 2. The highest BCUT2D eigenvalue weighted by atomic mass is 16.2. The van der Waals surface area contributed by atoms with Crippen molar-refractivity contribution in [3.63, 3.8) is 0 Å². The fourth-order valence-corrected chi connectivity index (χ4v) is 2.74.